The molecule has 3 heteroatoms. The number of hydrogen-bond donors (Lipinski definition) is 1. The SMILES string of the molecule is CCc1cccnc1C(N)Cc1cccc(OC)c1. The molecule has 0 bridgehead atoms. The van der Waals surface area contributed by atoms with Crippen molar-refractivity contribution in [3.8, 4) is 5.75 Å². The summed E-state index contributed by atoms with van der Waals surface area (Å²) in [5, 5.41) is 0. The minimum atomic E-state index is -0.0803. The average molecular weight is 256 g/mol. The van der Waals surface area contributed by atoms with Crippen LogP contribution < -0.4 is 10.5 Å². The summed E-state index contributed by atoms with van der Waals surface area (Å²) in [5.41, 5.74) is 9.67. The van der Waals surface area contributed by atoms with Crippen LogP contribution in [0.15, 0.2) is 42.6 Å². The van der Waals surface area contributed by atoms with Crippen molar-refractivity contribution in [3.05, 3.63) is 59.4 Å². The minimum Gasteiger partial charge on any atom is -0.497 e. The van der Waals surface area contributed by atoms with Gasteiger partial charge >= 0.3 is 0 Å². The lowest BCUT2D eigenvalue weighted by molar-refractivity contribution is 0.414. The molecule has 1 aromatic carbocycles. The molecule has 0 spiro atoms. The van der Waals surface area contributed by atoms with Gasteiger partial charge in [-0.2, -0.15) is 0 Å². The van der Waals surface area contributed by atoms with Crippen molar-refractivity contribution >= 4 is 0 Å². The van der Waals surface area contributed by atoms with E-state index in [1.807, 2.05) is 24.3 Å². The molecule has 1 heterocycles. The Bertz CT molecular complexity index is 540. The summed E-state index contributed by atoms with van der Waals surface area (Å²) in [5.74, 6) is 0.862. The van der Waals surface area contributed by atoms with Gasteiger partial charge in [0.25, 0.3) is 0 Å². The van der Waals surface area contributed by atoms with Crippen LogP contribution >= 0.6 is 0 Å². The third-order valence-corrected chi connectivity index (χ3v) is 3.25. The fourth-order valence-electron chi connectivity index (χ4n) is 2.23. The number of ether oxygens (including phenoxy) is 1. The van der Waals surface area contributed by atoms with E-state index >= 15 is 0 Å². The molecule has 19 heavy (non-hydrogen) atoms. The van der Waals surface area contributed by atoms with E-state index in [9.17, 15) is 0 Å². The van der Waals surface area contributed by atoms with Gasteiger partial charge in [0.2, 0.25) is 0 Å². The van der Waals surface area contributed by atoms with Gasteiger partial charge in [0.15, 0.2) is 0 Å². The zero-order chi connectivity index (χ0) is 13.7. The molecule has 0 radical (unpaired) electrons. The van der Waals surface area contributed by atoms with Crippen molar-refractivity contribution in [1.82, 2.24) is 4.98 Å². The predicted octanol–water partition coefficient (Wildman–Crippen LogP) is 2.90. The van der Waals surface area contributed by atoms with Crippen LogP contribution in [0.4, 0.5) is 0 Å². The second-order valence-corrected chi connectivity index (χ2v) is 4.56. The van der Waals surface area contributed by atoms with E-state index in [2.05, 4.69) is 24.0 Å². The minimum absolute atomic E-state index is 0.0803. The van der Waals surface area contributed by atoms with E-state index in [1.54, 1.807) is 13.3 Å². The number of nitrogens with zero attached hydrogens (tertiary/aromatic N) is 1. The van der Waals surface area contributed by atoms with Gasteiger partial charge in [-0.3, -0.25) is 4.98 Å². The molecule has 1 unspecified atom stereocenters. The fourth-order valence-corrected chi connectivity index (χ4v) is 2.23. The Labute approximate surface area is 114 Å². The molecule has 2 aromatic rings. The topological polar surface area (TPSA) is 48.1 Å². The quantitative estimate of drug-likeness (QED) is 0.894. The summed E-state index contributed by atoms with van der Waals surface area (Å²) in [4.78, 5) is 4.43. The number of methoxy groups -OCH3 is 1. The maximum atomic E-state index is 6.29. The molecule has 0 saturated heterocycles. The van der Waals surface area contributed by atoms with Crippen LogP contribution in [0.5, 0.6) is 5.75 Å². The van der Waals surface area contributed by atoms with Gasteiger partial charge in [-0.25, -0.2) is 0 Å². The number of pyridine rings is 1. The van der Waals surface area contributed by atoms with Crippen molar-refractivity contribution in [2.45, 2.75) is 25.8 Å². The Morgan fingerprint density at radius 1 is 1.26 bits per heavy atom. The van der Waals surface area contributed by atoms with Crippen LogP contribution in [0.25, 0.3) is 0 Å². The summed E-state index contributed by atoms with van der Waals surface area (Å²) in [6.07, 6.45) is 3.52. The maximum Gasteiger partial charge on any atom is 0.119 e. The number of nitrogens with two attached hydrogens (primary N) is 1. The highest BCUT2D eigenvalue weighted by molar-refractivity contribution is 5.31. The van der Waals surface area contributed by atoms with Crippen LogP contribution in [0.1, 0.15) is 29.8 Å². The zero-order valence-corrected chi connectivity index (χ0v) is 11.5. The van der Waals surface area contributed by atoms with Gasteiger partial charge in [-0.15, -0.1) is 0 Å². The van der Waals surface area contributed by atoms with Gasteiger partial charge in [0.1, 0.15) is 5.75 Å². The van der Waals surface area contributed by atoms with Gasteiger partial charge < -0.3 is 10.5 Å². The lowest BCUT2D eigenvalue weighted by atomic mass is 9.99. The van der Waals surface area contributed by atoms with E-state index in [-0.39, 0.29) is 6.04 Å². The highest BCUT2D eigenvalue weighted by Gasteiger charge is 2.12. The van der Waals surface area contributed by atoms with Gasteiger partial charge in [-0.1, -0.05) is 25.1 Å². The lowest BCUT2D eigenvalue weighted by Crippen LogP contribution is -2.17. The van der Waals surface area contributed by atoms with Gasteiger partial charge in [0, 0.05) is 6.20 Å². The molecule has 0 aliphatic rings. The van der Waals surface area contributed by atoms with Crippen LogP contribution in [0.3, 0.4) is 0 Å². The van der Waals surface area contributed by atoms with Crippen molar-refractivity contribution < 1.29 is 4.74 Å². The van der Waals surface area contributed by atoms with E-state index in [4.69, 9.17) is 10.5 Å². The first-order valence-corrected chi connectivity index (χ1v) is 6.57. The first kappa shape index (κ1) is 13.6. The van der Waals surface area contributed by atoms with Crippen molar-refractivity contribution in [2.24, 2.45) is 5.73 Å². The molecule has 1 aromatic heterocycles. The summed E-state index contributed by atoms with van der Waals surface area (Å²) in [6.45, 7) is 2.12. The van der Waals surface area contributed by atoms with Gasteiger partial charge in [0.05, 0.1) is 18.8 Å². The molecule has 2 rings (SSSR count). The molecule has 0 aliphatic carbocycles. The molecule has 1 atom stereocenters. The standard InChI is InChI=1S/C16H20N2O/c1-3-13-7-5-9-18-16(13)15(17)11-12-6-4-8-14(10-12)19-2/h4-10,15H,3,11,17H2,1-2H3. The molecule has 0 amide bonds. The van der Waals surface area contributed by atoms with E-state index < -0.39 is 0 Å². The summed E-state index contributed by atoms with van der Waals surface area (Å²) in [6, 6.07) is 12.0. The zero-order valence-electron chi connectivity index (χ0n) is 11.5. The molecule has 2 N–H and O–H groups in total. The van der Waals surface area contributed by atoms with E-state index in [0.29, 0.717) is 0 Å². The molecule has 0 aliphatic heterocycles. The Kier molecular flexibility index (Phi) is 4.53. The third-order valence-electron chi connectivity index (χ3n) is 3.25. The van der Waals surface area contributed by atoms with Crippen LogP contribution in [0, 0.1) is 0 Å². The molecule has 3 nitrogen and oxygen atoms in total. The molecule has 0 saturated carbocycles. The normalized spacial score (nSPS) is 12.2. The van der Waals surface area contributed by atoms with Crippen molar-refractivity contribution in [1.29, 1.82) is 0 Å². The molecule has 100 valence electrons. The number of aromatic nitrogens is 1. The maximum absolute atomic E-state index is 6.29. The lowest BCUT2D eigenvalue weighted by Gasteiger charge is -2.15. The number of rotatable bonds is 5. The number of hydrogen-bond acceptors (Lipinski definition) is 3. The smallest absolute Gasteiger partial charge is 0.119 e. The Morgan fingerprint density at radius 3 is 2.84 bits per heavy atom. The Balaban J connectivity index is 2.18. The molecular weight excluding hydrogens is 236 g/mol. The Hall–Kier alpha value is -1.87. The van der Waals surface area contributed by atoms with E-state index in [0.717, 1.165) is 24.3 Å². The van der Waals surface area contributed by atoms with Crippen LogP contribution in [-0.2, 0) is 12.8 Å². The number of aryl methyl sites for hydroxylation is 1. The summed E-state index contributed by atoms with van der Waals surface area (Å²) in [7, 11) is 1.67. The third kappa shape index (κ3) is 3.32. The second-order valence-electron chi connectivity index (χ2n) is 4.56. The molecular formula is C16H20N2O. The first-order valence-electron chi connectivity index (χ1n) is 6.57. The highest BCUT2D eigenvalue weighted by atomic mass is 16.5. The second kappa shape index (κ2) is 6.34. The highest BCUT2D eigenvalue weighted by Crippen LogP contribution is 2.20. The number of benzene rings is 1. The van der Waals surface area contributed by atoms with Crippen molar-refractivity contribution in [3.63, 3.8) is 0 Å². The van der Waals surface area contributed by atoms with Crippen LogP contribution in [-0.4, -0.2) is 12.1 Å². The van der Waals surface area contributed by atoms with Gasteiger partial charge in [-0.05, 0) is 42.2 Å². The first-order chi connectivity index (χ1) is 9.24. The Morgan fingerprint density at radius 2 is 2.11 bits per heavy atom. The van der Waals surface area contributed by atoms with E-state index in [1.165, 1.54) is 11.1 Å². The van der Waals surface area contributed by atoms with Crippen LogP contribution in [0.2, 0.25) is 0 Å². The summed E-state index contributed by atoms with van der Waals surface area (Å²) >= 11 is 0. The molecule has 0 fully saturated rings. The predicted molar refractivity (Wildman–Crippen MR) is 77.2 cm³/mol. The average Bonchev–Trinajstić information content (AvgIpc) is 2.47. The monoisotopic (exact) mass is 256 g/mol. The largest absolute Gasteiger partial charge is 0.497 e. The summed E-state index contributed by atoms with van der Waals surface area (Å²) < 4.78 is 5.23. The fraction of sp³-hybridized carbons (Fsp3) is 0.312. The van der Waals surface area contributed by atoms with Crippen molar-refractivity contribution in [2.75, 3.05) is 7.11 Å².